The van der Waals surface area contributed by atoms with Crippen LogP contribution in [0.1, 0.15) is 19.8 Å². The summed E-state index contributed by atoms with van der Waals surface area (Å²) in [7, 11) is -2.06. The van der Waals surface area contributed by atoms with Gasteiger partial charge < -0.3 is 25.4 Å². The molecule has 0 spiro atoms. The molecule has 4 aromatic rings. The molecule has 216 valence electrons. The van der Waals surface area contributed by atoms with Crippen molar-refractivity contribution in [2.45, 2.75) is 25.9 Å². The number of anilines is 6. The van der Waals surface area contributed by atoms with Gasteiger partial charge in [0.25, 0.3) is 0 Å². The van der Waals surface area contributed by atoms with Gasteiger partial charge >= 0.3 is 0 Å². The third-order valence-electron chi connectivity index (χ3n) is 6.81. The summed E-state index contributed by atoms with van der Waals surface area (Å²) in [5, 5.41) is 16.5. The zero-order valence-electron chi connectivity index (χ0n) is 22.9. The van der Waals surface area contributed by atoms with Gasteiger partial charge in [0, 0.05) is 37.7 Å². The molecular formula is C27H31ClN8O4S. The fourth-order valence-corrected chi connectivity index (χ4v) is 5.93. The minimum atomic E-state index is -3.64. The van der Waals surface area contributed by atoms with Crippen LogP contribution in [-0.2, 0) is 10.0 Å². The van der Waals surface area contributed by atoms with Gasteiger partial charge in [-0.3, -0.25) is 14.3 Å². The van der Waals surface area contributed by atoms with Gasteiger partial charge in [0.15, 0.2) is 5.82 Å². The Bertz CT molecular complexity index is 1660. The molecule has 12 nitrogen and oxygen atoms in total. The molecule has 0 saturated carbocycles. The van der Waals surface area contributed by atoms with Crippen LogP contribution in [0.15, 0.2) is 48.9 Å². The Balaban J connectivity index is 1.49. The van der Waals surface area contributed by atoms with E-state index in [1.54, 1.807) is 32.4 Å². The highest BCUT2D eigenvalue weighted by atomic mass is 35.5. The van der Waals surface area contributed by atoms with Gasteiger partial charge in [-0.1, -0.05) is 11.6 Å². The van der Waals surface area contributed by atoms with Gasteiger partial charge in [0.1, 0.15) is 22.0 Å². The van der Waals surface area contributed by atoms with E-state index in [4.69, 9.17) is 16.3 Å². The highest BCUT2D eigenvalue weighted by Crippen LogP contribution is 2.38. The quantitative estimate of drug-likeness (QED) is 0.253. The monoisotopic (exact) mass is 598 g/mol. The lowest BCUT2D eigenvalue weighted by molar-refractivity contribution is 0.145. The predicted octanol–water partition coefficient (Wildman–Crippen LogP) is 4.32. The number of nitrogens with zero attached hydrogens (tertiary/aromatic N) is 6. The van der Waals surface area contributed by atoms with Crippen molar-refractivity contribution < 1.29 is 18.3 Å². The summed E-state index contributed by atoms with van der Waals surface area (Å²) in [5.41, 5.74) is 3.37. The number of aliphatic hydroxyl groups excluding tert-OH is 1. The number of rotatable bonds is 9. The Morgan fingerprint density at radius 3 is 2.56 bits per heavy atom. The lowest BCUT2D eigenvalue weighted by Crippen LogP contribution is -2.35. The third-order valence-corrected chi connectivity index (χ3v) is 8.33. The summed E-state index contributed by atoms with van der Waals surface area (Å²) in [6.07, 6.45) is 6.81. The van der Waals surface area contributed by atoms with Gasteiger partial charge in [-0.15, -0.1) is 0 Å². The van der Waals surface area contributed by atoms with Crippen molar-refractivity contribution in [1.29, 1.82) is 0 Å². The lowest BCUT2D eigenvalue weighted by atomic mass is 10.1. The van der Waals surface area contributed by atoms with Crippen molar-refractivity contribution in [3.8, 4) is 5.75 Å². The summed E-state index contributed by atoms with van der Waals surface area (Å²) >= 11 is 6.49. The minimum absolute atomic E-state index is 0.180. The van der Waals surface area contributed by atoms with Crippen molar-refractivity contribution in [2.75, 3.05) is 52.8 Å². The molecule has 14 heteroatoms. The second-order valence-corrected chi connectivity index (χ2v) is 11.9. The van der Waals surface area contributed by atoms with Crippen molar-refractivity contribution in [2.24, 2.45) is 0 Å². The molecule has 0 atom stereocenters. The van der Waals surface area contributed by atoms with Gasteiger partial charge in [-0.05, 0) is 50.1 Å². The molecule has 0 aliphatic carbocycles. The van der Waals surface area contributed by atoms with Crippen LogP contribution in [0.2, 0.25) is 5.02 Å². The largest absolute Gasteiger partial charge is 0.495 e. The molecule has 3 heterocycles. The molecule has 2 aromatic carbocycles. The molecule has 1 saturated heterocycles. The maximum absolute atomic E-state index is 12.7. The number of sulfonamides is 1. The van der Waals surface area contributed by atoms with E-state index in [1.807, 2.05) is 18.2 Å². The molecule has 5 rings (SSSR count). The van der Waals surface area contributed by atoms with Crippen LogP contribution in [0.5, 0.6) is 5.75 Å². The maximum Gasteiger partial charge on any atom is 0.232 e. The van der Waals surface area contributed by atoms with Crippen LogP contribution >= 0.6 is 11.6 Å². The van der Waals surface area contributed by atoms with E-state index >= 15 is 0 Å². The van der Waals surface area contributed by atoms with Crippen molar-refractivity contribution >= 4 is 67.2 Å². The van der Waals surface area contributed by atoms with Gasteiger partial charge in [-0.2, -0.15) is 4.98 Å². The number of aromatic nitrogens is 4. The molecule has 41 heavy (non-hydrogen) atoms. The molecular weight excluding hydrogens is 568 g/mol. The summed E-state index contributed by atoms with van der Waals surface area (Å²) in [4.78, 5) is 19.9. The number of ether oxygens (including phenoxy) is 1. The van der Waals surface area contributed by atoms with E-state index in [0.29, 0.717) is 46.7 Å². The topological polar surface area (TPSA) is 146 Å². The second kappa shape index (κ2) is 11.9. The number of methoxy groups -OCH3 is 1. The molecule has 1 fully saturated rings. The normalized spacial score (nSPS) is 14.2. The zero-order valence-corrected chi connectivity index (χ0v) is 24.4. The summed E-state index contributed by atoms with van der Waals surface area (Å²) in [6.45, 7) is 3.42. The number of aliphatic hydroxyl groups is 1. The number of piperidine rings is 1. The fraction of sp³-hybridized carbons (Fsp3) is 0.333. The number of fused-ring (bicyclic) bond motifs is 1. The Morgan fingerprint density at radius 1 is 1.10 bits per heavy atom. The predicted molar refractivity (Wildman–Crippen MR) is 161 cm³/mol. The number of benzene rings is 2. The summed E-state index contributed by atoms with van der Waals surface area (Å²) in [6, 6.07) is 9.25. The minimum Gasteiger partial charge on any atom is -0.495 e. The van der Waals surface area contributed by atoms with Gasteiger partial charge in [-0.25, -0.2) is 13.4 Å². The molecule has 0 unspecified atom stereocenters. The van der Waals surface area contributed by atoms with E-state index in [0.717, 1.165) is 25.0 Å². The van der Waals surface area contributed by atoms with Crippen LogP contribution in [0.3, 0.4) is 0 Å². The highest BCUT2D eigenvalue weighted by Gasteiger charge is 2.24. The zero-order chi connectivity index (χ0) is 29.1. The standard InChI is InChI=1S/C27H31ClN8O4S/c1-4-36(41(3,38)39)25-21(7-6-20-24(25)30-12-11-29-20)32-26-19(28)16-31-27(34-26)33-22-15-17(5-8-23(22)40-2)35-13-9-18(37)10-14-35/h5-8,11-12,15-16,18,37H,4,9-10,13-14H2,1-3H3,(H2,31,32,33,34). The average Bonchev–Trinajstić information content (AvgIpc) is 2.96. The maximum atomic E-state index is 12.7. The SMILES string of the molecule is CCN(c1c(Nc2nc(Nc3cc(N4CCC(O)CC4)ccc3OC)ncc2Cl)ccc2nccnc12)S(C)(=O)=O. The second-order valence-electron chi connectivity index (χ2n) is 9.56. The molecule has 1 aliphatic rings. The van der Waals surface area contributed by atoms with Crippen LogP contribution in [-0.4, -0.2) is 72.6 Å². The Kier molecular flexibility index (Phi) is 8.29. The van der Waals surface area contributed by atoms with E-state index in [-0.39, 0.29) is 29.4 Å². The van der Waals surface area contributed by atoms with Gasteiger partial charge in [0.2, 0.25) is 16.0 Å². The number of halogens is 1. The smallest absolute Gasteiger partial charge is 0.232 e. The Hall–Kier alpha value is -3.94. The number of hydrogen-bond donors (Lipinski definition) is 3. The van der Waals surface area contributed by atoms with Crippen LogP contribution in [0, 0.1) is 0 Å². The lowest BCUT2D eigenvalue weighted by Gasteiger charge is -2.32. The van der Waals surface area contributed by atoms with Gasteiger partial charge in [0.05, 0.1) is 42.6 Å². The average molecular weight is 599 g/mol. The molecule has 3 N–H and O–H groups in total. The fourth-order valence-electron chi connectivity index (χ4n) is 4.81. The molecule has 1 aliphatic heterocycles. The van der Waals surface area contributed by atoms with E-state index in [2.05, 4.69) is 35.5 Å². The first-order valence-electron chi connectivity index (χ1n) is 13.1. The molecule has 0 radical (unpaired) electrons. The first-order valence-corrected chi connectivity index (χ1v) is 15.3. The number of hydrogen-bond acceptors (Lipinski definition) is 11. The van der Waals surface area contributed by atoms with Crippen LogP contribution in [0.25, 0.3) is 11.0 Å². The van der Waals surface area contributed by atoms with E-state index in [1.165, 1.54) is 16.7 Å². The van der Waals surface area contributed by atoms with Crippen LogP contribution < -0.4 is 24.6 Å². The van der Waals surface area contributed by atoms with Crippen molar-refractivity contribution in [3.63, 3.8) is 0 Å². The Labute approximate surface area is 243 Å². The summed E-state index contributed by atoms with van der Waals surface area (Å²) < 4.78 is 32.2. The number of nitrogens with one attached hydrogen (secondary N) is 2. The van der Waals surface area contributed by atoms with Crippen molar-refractivity contribution in [3.05, 3.63) is 53.9 Å². The highest BCUT2D eigenvalue weighted by molar-refractivity contribution is 7.92. The molecule has 0 bridgehead atoms. The first-order chi connectivity index (χ1) is 19.7. The molecule has 0 amide bonds. The van der Waals surface area contributed by atoms with E-state index < -0.39 is 10.0 Å². The third kappa shape index (κ3) is 6.21. The summed E-state index contributed by atoms with van der Waals surface area (Å²) in [5.74, 6) is 1.11. The van der Waals surface area contributed by atoms with E-state index in [9.17, 15) is 13.5 Å². The van der Waals surface area contributed by atoms with Crippen LogP contribution in [0.4, 0.5) is 34.5 Å². The Morgan fingerprint density at radius 2 is 1.85 bits per heavy atom. The first kappa shape index (κ1) is 28.6. The van der Waals surface area contributed by atoms with Crippen molar-refractivity contribution in [1.82, 2.24) is 19.9 Å². The molecule has 2 aromatic heterocycles.